The van der Waals surface area contributed by atoms with Gasteiger partial charge in [-0.15, -0.1) is 0 Å². The van der Waals surface area contributed by atoms with Crippen molar-refractivity contribution in [1.82, 2.24) is 0 Å². The lowest BCUT2D eigenvalue weighted by Gasteiger charge is -2.38. The lowest BCUT2D eigenvalue weighted by molar-refractivity contribution is 0.0854. The monoisotopic (exact) mass is 403 g/mol. The predicted octanol–water partition coefficient (Wildman–Crippen LogP) is 4.11. The summed E-state index contributed by atoms with van der Waals surface area (Å²) in [5.41, 5.74) is 7.52. The van der Waals surface area contributed by atoms with Gasteiger partial charge in [0.15, 0.2) is 0 Å². The Morgan fingerprint density at radius 3 is 2.42 bits per heavy atom. The Balaban J connectivity index is 3.39. The Kier molecular flexibility index (Phi) is 7.87. The first-order chi connectivity index (χ1) is 11.8. The summed E-state index contributed by atoms with van der Waals surface area (Å²) in [4.78, 5) is 1.44. The number of allylic oxidation sites excluding steroid dienone is 1. The van der Waals surface area contributed by atoms with Gasteiger partial charge in [-0.25, -0.2) is 8.78 Å². The van der Waals surface area contributed by atoms with E-state index in [1.165, 1.54) is 4.90 Å². The number of rotatable bonds is 8. The third kappa shape index (κ3) is 5.54. The molecule has 0 aliphatic rings. The minimum atomic E-state index is -2.50. The molecule has 0 bridgehead atoms. The van der Waals surface area contributed by atoms with Crippen molar-refractivity contribution in [3.8, 4) is 0 Å². The van der Waals surface area contributed by atoms with Crippen LogP contribution in [0.5, 0.6) is 0 Å². The van der Waals surface area contributed by atoms with Gasteiger partial charge in [0.2, 0.25) is 0 Å². The van der Waals surface area contributed by atoms with Gasteiger partial charge < -0.3 is 15.3 Å². The Bertz CT molecular complexity index is 663. The maximum absolute atomic E-state index is 13.0. The SMILES string of the molecule is C/C=C(/N)c1c(Cl)ccc([B]OC(C)(C)C(C)(C)S)c1N(C)CC(F)F. The number of nitrogens with two attached hydrogens (primary N) is 1. The molecule has 3 nitrogen and oxygen atoms in total. The fraction of sp³-hybridized carbons (Fsp3) is 0.556. The molecule has 8 heteroatoms. The van der Waals surface area contributed by atoms with Crippen molar-refractivity contribution >= 4 is 48.6 Å². The number of alkyl halides is 2. The van der Waals surface area contributed by atoms with Crippen LogP contribution in [-0.2, 0) is 4.65 Å². The first-order valence-electron chi connectivity index (χ1n) is 8.29. The smallest absolute Gasteiger partial charge is 0.332 e. The highest BCUT2D eigenvalue weighted by molar-refractivity contribution is 7.81. The van der Waals surface area contributed by atoms with Crippen LogP contribution >= 0.6 is 24.2 Å². The quantitative estimate of drug-likeness (QED) is 0.507. The zero-order chi connectivity index (χ0) is 20.3. The molecule has 1 aromatic carbocycles. The van der Waals surface area contributed by atoms with Crippen LogP contribution in [0, 0.1) is 0 Å². The van der Waals surface area contributed by atoms with Crippen molar-refractivity contribution in [2.45, 2.75) is 51.4 Å². The normalized spacial score (nSPS) is 13.3. The van der Waals surface area contributed by atoms with Crippen LogP contribution in [0.4, 0.5) is 14.5 Å². The summed E-state index contributed by atoms with van der Waals surface area (Å²) < 4.78 is 31.5. The topological polar surface area (TPSA) is 38.5 Å². The van der Waals surface area contributed by atoms with Gasteiger partial charge in [-0.05, 0) is 46.1 Å². The minimum Gasteiger partial charge on any atom is -0.428 e. The first-order valence-corrected chi connectivity index (χ1v) is 9.11. The van der Waals surface area contributed by atoms with E-state index in [1.807, 2.05) is 27.7 Å². The average Bonchev–Trinajstić information content (AvgIpc) is 2.50. The van der Waals surface area contributed by atoms with Crippen molar-refractivity contribution in [3.63, 3.8) is 0 Å². The molecule has 0 unspecified atom stereocenters. The summed E-state index contributed by atoms with van der Waals surface area (Å²) in [6, 6.07) is 3.41. The van der Waals surface area contributed by atoms with Crippen molar-refractivity contribution < 1.29 is 13.4 Å². The second kappa shape index (κ2) is 8.85. The lowest BCUT2D eigenvalue weighted by atomic mass is 9.81. The van der Waals surface area contributed by atoms with Crippen LogP contribution in [0.3, 0.4) is 0 Å². The summed E-state index contributed by atoms with van der Waals surface area (Å²) in [6.07, 6.45) is -0.813. The number of nitrogens with zero attached hydrogens (tertiary/aromatic N) is 1. The van der Waals surface area contributed by atoms with E-state index in [1.54, 1.807) is 39.7 Å². The number of halogens is 3. The van der Waals surface area contributed by atoms with Crippen molar-refractivity contribution in [3.05, 3.63) is 28.8 Å². The molecule has 2 N–H and O–H groups in total. The third-order valence-corrected chi connectivity index (χ3v) is 5.36. The standard InChI is InChI=1S/C18H27BClF2N2OS/c1-7-13(23)15-12(20)9-8-11(16(15)24(6)10-14(21)22)19-25-17(2,3)18(4,5)26/h7-9,14,26H,10,23H2,1-6H3/b13-7+. The molecule has 0 saturated carbocycles. The van der Waals surface area contributed by atoms with Crippen molar-refractivity contribution in [2.75, 3.05) is 18.5 Å². The molecule has 26 heavy (non-hydrogen) atoms. The molecule has 0 aliphatic heterocycles. The van der Waals surface area contributed by atoms with Crippen LogP contribution in [0.25, 0.3) is 5.70 Å². The zero-order valence-electron chi connectivity index (χ0n) is 16.1. The fourth-order valence-corrected chi connectivity index (χ4v) is 2.48. The number of anilines is 1. The maximum atomic E-state index is 13.0. The molecule has 0 aliphatic carbocycles. The van der Waals surface area contributed by atoms with Crippen molar-refractivity contribution in [2.24, 2.45) is 5.73 Å². The average molecular weight is 404 g/mol. The van der Waals surface area contributed by atoms with Gasteiger partial charge in [0.25, 0.3) is 6.43 Å². The summed E-state index contributed by atoms with van der Waals surface area (Å²) in [5, 5.41) is 0.391. The van der Waals surface area contributed by atoms with E-state index in [4.69, 9.17) is 22.0 Å². The Morgan fingerprint density at radius 2 is 1.96 bits per heavy atom. The van der Waals surface area contributed by atoms with Gasteiger partial charge in [-0.2, -0.15) is 12.6 Å². The highest BCUT2D eigenvalue weighted by Gasteiger charge is 2.35. The lowest BCUT2D eigenvalue weighted by Crippen LogP contribution is -2.46. The Morgan fingerprint density at radius 1 is 1.38 bits per heavy atom. The molecule has 0 atom stereocenters. The molecule has 1 rings (SSSR count). The van der Waals surface area contributed by atoms with E-state index in [2.05, 4.69) is 12.6 Å². The van der Waals surface area contributed by atoms with E-state index in [0.717, 1.165) is 0 Å². The van der Waals surface area contributed by atoms with Gasteiger partial charge >= 0.3 is 7.48 Å². The third-order valence-electron chi connectivity index (χ3n) is 4.51. The largest absolute Gasteiger partial charge is 0.428 e. The van der Waals surface area contributed by atoms with E-state index < -0.39 is 23.3 Å². The fourth-order valence-electron chi connectivity index (χ4n) is 2.16. The molecule has 0 spiro atoms. The van der Waals surface area contributed by atoms with Gasteiger partial charge in [0, 0.05) is 28.7 Å². The van der Waals surface area contributed by atoms with E-state index in [-0.39, 0.29) is 0 Å². The number of benzene rings is 1. The molecule has 0 aromatic heterocycles. The van der Waals surface area contributed by atoms with Crippen molar-refractivity contribution in [1.29, 1.82) is 0 Å². The summed E-state index contributed by atoms with van der Waals surface area (Å²) in [5.74, 6) is 0. The Labute approximate surface area is 166 Å². The zero-order valence-corrected chi connectivity index (χ0v) is 17.8. The second-order valence-electron chi connectivity index (χ2n) is 7.18. The van der Waals surface area contributed by atoms with Gasteiger partial charge in [0.1, 0.15) is 0 Å². The van der Waals surface area contributed by atoms with Gasteiger partial charge in [0.05, 0.1) is 17.2 Å². The van der Waals surface area contributed by atoms with Gasteiger partial charge in [-0.1, -0.05) is 23.7 Å². The Hall–Kier alpha value is -0.915. The number of hydrogen-bond acceptors (Lipinski definition) is 4. The number of thiol groups is 1. The molecular formula is C18H27BClF2N2OS. The highest BCUT2D eigenvalue weighted by atomic mass is 35.5. The molecular weight excluding hydrogens is 377 g/mol. The minimum absolute atomic E-state index is 0.391. The first kappa shape index (κ1) is 23.1. The van der Waals surface area contributed by atoms with E-state index >= 15 is 0 Å². The molecule has 0 heterocycles. The maximum Gasteiger partial charge on any atom is 0.332 e. The predicted molar refractivity (Wildman–Crippen MR) is 112 cm³/mol. The molecule has 1 radical (unpaired) electrons. The van der Waals surface area contributed by atoms with E-state index in [0.29, 0.717) is 27.4 Å². The second-order valence-corrected chi connectivity index (χ2v) is 8.71. The molecule has 1 aromatic rings. The van der Waals surface area contributed by atoms with E-state index in [9.17, 15) is 8.78 Å². The van der Waals surface area contributed by atoms with Crippen LogP contribution in [0.1, 0.15) is 40.2 Å². The van der Waals surface area contributed by atoms with Crippen LogP contribution in [0.2, 0.25) is 5.02 Å². The summed E-state index contributed by atoms with van der Waals surface area (Å²) in [7, 11) is 3.13. The molecule has 0 saturated heterocycles. The number of hydrogen-bond donors (Lipinski definition) is 2. The highest BCUT2D eigenvalue weighted by Crippen LogP contribution is 2.33. The molecule has 0 amide bonds. The van der Waals surface area contributed by atoms with Crippen LogP contribution in [0.15, 0.2) is 18.2 Å². The van der Waals surface area contributed by atoms with Gasteiger partial charge in [-0.3, -0.25) is 0 Å². The molecule has 145 valence electrons. The van der Waals surface area contributed by atoms with Crippen LogP contribution < -0.4 is 16.1 Å². The summed E-state index contributed by atoms with van der Waals surface area (Å²) >= 11 is 10.9. The van der Waals surface area contributed by atoms with Crippen LogP contribution in [-0.4, -0.2) is 37.8 Å². The summed E-state index contributed by atoms with van der Waals surface area (Å²) in [6.45, 7) is 9.03. The molecule has 0 fully saturated rings.